The minimum atomic E-state index is -0.724. The second kappa shape index (κ2) is 3.98. The zero-order valence-corrected chi connectivity index (χ0v) is 9.05. The topological polar surface area (TPSA) is 58.0 Å². The summed E-state index contributed by atoms with van der Waals surface area (Å²) in [5, 5.41) is 9.56. The van der Waals surface area contributed by atoms with E-state index in [2.05, 4.69) is 4.98 Å². The normalized spacial score (nSPS) is 14.6. The quantitative estimate of drug-likeness (QED) is 0.805. The standard InChI is InChI=1S/C12H14N2O2/c1-12(9-15,10-5-3-2-4-6-10)14-8-7-13-11(14)16/h2-8,15H,9H2,1H3,(H,13,16). The van der Waals surface area contributed by atoms with Crippen LogP contribution in [-0.2, 0) is 5.54 Å². The van der Waals surface area contributed by atoms with E-state index in [4.69, 9.17) is 0 Å². The Labute approximate surface area is 93.2 Å². The molecule has 4 heteroatoms. The van der Waals surface area contributed by atoms with Gasteiger partial charge in [-0.05, 0) is 12.5 Å². The Morgan fingerprint density at radius 2 is 2.06 bits per heavy atom. The molecule has 0 saturated carbocycles. The number of aliphatic hydroxyl groups excluding tert-OH is 1. The second-order valence-electron chi connectivity index (χ2n) is 3.93. The van der Waals surface area contributed by atoms with Gasteiger partial charge in [-0.3, -0.25) is 4.57 Å². The van der Waals surface area contributed by atoms with Gasteiger partial charge in [-0.2, -0.15) is 0 Å². The fraction of sp³-hybridized carbons (Fsp3) is 0.250. The lowest BCUT2D eigenvalue weighted by Crippen LogP contribution is -2.41. The Morgan fingerprint density at radius 3 is 2.56 bits per heavy atom. The van der Waals surface area contributed by atoms with Gasteiger partial charge in [-0.1, -0.05) is 30.3 Å². The first kappa shape index (κ1) is 10.7. The number of nitrogens with zero attached hydrogens (tertiary/aromatic N) is 1. The molecular weight excluding hydrogens is 204 g/mol. The first-order valence-electron chi connectivity index (χ1n) is 5.11. The number of H-pyrrole nitrogens is 1. The number of aliphatic hydroxyl groups is 1. The number of aromatic amines is 1. The average molecular weight is 218 g/mol. The summed E-state index contributed by atoms with van der Waals surface area (Å²) < 4.78 is 1.50. The molecule has 1 aromatic carbocycles. The minimum absolute atomic E-state index is 0.130. The largest absolute Gasteiger partial charge is 0.394 e. The number of benzene rings is 1. The third kappa shape index (κ3) is 1.57. The van der Waals surface area contributed by atoms with Gasteiger partial charge in [0.25, 0.3) is 0 Å². The molecule has 1 aromatic heterocycles. The van der Waals surface area contributed by atoms with Crippen molar-refractivity contribution < 1.29 is 5.11 Å². The first-order chi connectivity index (χ1) is 7.68. The molecule has 16 heavy (non-hydrogen) atoms. The number of rotatable bonds is 3. The molecule has 0 fully saturated rings. The molecule has 0 saturated heterocycles. The molecule has 4 nitrogen and oxygen atoms in total. The third-order valence-electron chi connectivity index (χ3n) is 2.88. The van der Waals surface area contributed by atoms with Crippen LogP contribution in [0.5, 0.6) is 0 Å². The van der Waals surface area contributed by atoms with Crippen LogP contribution in [0, 0.1) is 0 Å². The predicted molar refractivity (Wildman–Crippen MR) is 61.3 cm³/mol. The van der Waals surface area contributed by atoms with Crippen LogP contribution in [0.15, 0.2) is 47.5 Å². The summed E-state index contributed by atoms with van der Waals surface area (Å²) in [6.45, 7) is 1.70. The van der Waals surface area contributed by atoms with Gasteiger partial charge >= 0.3 is 5.69 Å². The van der Waals surface area contributed by atoms with Gasteiger partial charge in [0.15, 0.2) is 0 Å². The Hall–Kier alpha value is -1.81. The summed E-state index contributed by atoms with van der Waals surface area (Å²) in [4.78, 5) is 14.2. The number of imidazole rings is 1. The van der Waals surface area contributed by atoms with Gasteiger partial charge in [0, 0.05) is 12.4 Å². The van der Waals surface area contributed by atoms with Crippen LogP contribution in [0.2, 0.25) is 0 Å². The monoisotopic (exact) mass is 218 g/mol. The summed E-state index contributed by atoms with van der Waals surface area (Å²) >= 11 is 0. The number of hydrogen-bond acceptors (Lipinski definition) is 2. The maximum absolute atomic E-state index is 11.6. The fourth-order valence-corrected chi connectivity index (χ4v) is 1.81. The van der Waals surface area contributed by atoms with Crippen molar-refractivity contribution in [3.05, 3.63) is 58.8 Å². The molecule has 2 aromatic rings. The molecule has 0 aliphatic rings. The van der Waals surface area contributed by atoms with Gasteiger partial charge in [0.05, 0.1) is 12.1 Å². The summed E-state index contributed by atoms with van der Waals surface area (Å²) in [6, 6.07) is 9.48. The molecule has 0 aliphatic heterocycles. The van der Waals surface area contributed by atoms with Gasteiger partial charge in [-0.15, -0.1) is 0 Å². The number of hydrogen-bond donors (Lipinski definition) is 2. The molecule has 0 aliphatic carbocycles. The van der Waals surface area contributed by atoms with E-state index in [1.807, 2.05) is 37.3 Å². The van der Waals surface area contributed by atoms with Gasteiger partial charge in [0.2, 0.25) is 0 Å². The molecule has 2 N–H and O–H groups in total. The second-order valence-corrected chi connectivity index (χ2v) is 3.93. The lowest BCUT2D eigenvalue weighted by molar-refractivity contribution is 0.178. The number of nitrogens with one attached hydrogen (secondary N) is 1. The van der Waals surface area contributed by atoms with Crippen molar-refractivity contribution >= 4 is 0 Å². The highest BCUT2D eigenvalue weighted by Gasteiger charge is 2.28. The Morgan fingerprint density at radius 1 is 1.38 bits per heavy atom. The predicted octanol–water partition coefficient (Wildman–Crippen LogP) is 0.932. The molecule has 2 rings (SSSR count). The lowest BCUT2D eigenvalue weighted by atomic mass is 9.93. The van der Waals surface area contributed by atoms with Crippen molar-refractivity contribution in [2.75, 3.05) is 6.61 Å². The van der Waals surface area contributed by atoms with Gasteiger partial charge in [-0.25, -0.2) is 4.79 Å². The molecule has 0 amide bonds. The van der Waals surface area contributed by atoms with Crippen molar-refractivity contribution in [1.82, 2.24) is 9.55 Å². The van der Waals surface area contributed by atoms with E-state index in [0.29, 0.717) is 0 Å². The molecule has 1 unspecified atom stereocenters. The maximum Gasteiger partial charge on any atom is 0.326 e. The smallest absolute Gasteiger partial charge is 0.326 e. The van der Waals surface area contributed by atoms with Crippen LogP contribution >= 0.6 is 0 Å². The van der Waals surface area contributed by atoms with Crippen molar-refractivity contribution in [2.45, 2.75) is 12.5 Å². The van der Waals surface area contributed by atoms with E-state index < -0.39 is 5.54 Å². The molecule has 0 radical (unpaired) electrons. The molecule has 1 heterocycles. The van der Waals surface area contributed by atoms with E-state index in [1.165, 1.54) is 4.57 Å². The van der Waals surface area contributed by atoms with Gasteiger partial charge < -0.3 is 10.1 Å². The van der Waals surface area contributed by atoms with Crippen molar-refractivity contribution in [1.29, 1.82) is 0 Å². The Balaban J connectivity index is 2.57. The average Bonchev–Trinajstić information content (AvgIpc) is 2.76. The van der Waals surface area contributed by atoms with Crippen LogP contribution in [0.3, 0.4) is 0 Å². The Bertz CT molecular complexity index is 515. The molecule has 1 atom stereocenters. The van der Waals surface area contributed by atoms with Crippen LogP contribution in [0.1, 0.15) is 12.5 Å². The van der Waals surface area contributed by atoms with Crippen LogP contribution in [0.25, 0.3) is 0 Å². The van der Waals surface area contributed by atoms with Crippen LogP contribution in [-0.4, -0.2) is 21.3 Å². The first-order valence-corrected chi connectivity index (χ1v) is 5.11. The van der Waals surface area contributed by atoms with Crippen LogP contribution < -0.4 is 5.69 Å². The zero-order chi connectivity index (χ0) is 11.6. The summed E-state index contributed by atoms with van der Waals surface area (Å²) in [5.41, 5.74) is -0.0437. The highest BCUT2D eigenvalue weighted by atomic mass is 16.3. The van der Waals surface area contributed by atoms with Crippen LogP contribution in [0.4, 0.5) is 0 Å². The molecule has 0 spiro atoms. The maximum atomic E-state index is 11.6. The molecule has 0 bridgehead atoms. The van der Waals surface area contributed by atoms with Gasteiger partial charge in [0.1, 0.15) is 0 Å². The molecular formula is C12H14N2O2. The SMILES string of the molecule is CC(CO)(c1ccccc1)n1cc[nH]c1=O. The zero-order valence-electron chi connectivity index (χ0n) is 9.05. The summed E-state index contributed by atoms with van der Waals surface area (Å²) in [6.07, 6.45) is 3.21. The summed E-state index contributed by atoms with van der Waals surface area (Å²) in [5.74, 6) is 0. The lowest BCUT2D eigenvalue weighted by Gasteiger charge is -2.28. The Kier molecular flexibility index (Phi) is 2.66. The van der Waals surface area contributed by atoms with E-state index in [-0.39, 0.29) is 12.3 Å². The highest BCUT2D eigenvalue weighted by Crippen LogP contribution is 2.23. The fourth-order valence-electron chi connectivity index (χ4n) is 1.81. The molecule has 84 valence electrons. The third-order valence-corrected chi connectivity index (χ3v) is 2.88. The van der Waals surface area contributed by atoms with Crippen molar-refractivity contribution in [2.24, 2.45) is 0 Å². The number of aromatic nitrogens is 2. The van der Waals surface area contributed by atoms with E-state index in [1.54, 1.807) is 12.4 Å². The van der Waals surface area contributed by atoms with Crippen molar-refractivity contribution in [3.63, 3.8) is 0 Å². The van der Waals surface area contributed by atoms with Crippen molar-refractivity contribution in [3.8, 4) is 0 Å². The minimum Gasteiger partial charge on any atom is -0.394 e. The highest BCUT2D eigenvalue weighted by molar-refractivity contribution is 5.25. The van der Waals surface area contributed by atoms with E-state index in [0.717, 1.165) is 5.56 Å². The van der Waals surface area contributed by atoms with E-state index in [9.17, 15) is 9.90 Å². The summed E-state index contributed by atoms with van der Waals surface area (Å²) in [7, 11) is 0. The van der Waals surface area contributed by atoms with E-state index >= 15 is 0 Å².